The van der Waals surface area contributed by atoms with Crippen molar-refractivity contribution in [2.75, 3.05) is 6.54 Å². The minimum atomic E-state index is 0.404. The minimum absolute atomic E-state index is 0.404. The second kappa shape index (κ2) is 7.30. The molecule has 0 amide bonds. The predicted molar refractivity (Wildman–Crippen MR) is 80.5 cm³/mol. The molecule has 3 nitrogen and oxygen atoms in total. The summed E-state index contributed by atoms with van der Waals surface area (Å²) in [7, 11) is 0. The summed E-state index contributed by atoms with van der Waals surface area (Å²) in [6, 6.07) is 2.67. The van der Waals surface area contributed by atoms with Gasteiger partial charge in [-0.05, 0) is 50.6 Å². The molecule has 1 aromatic rings. The Hall–Kier alpha value is -0.540. The van der Waals surface area contributed by atoms with Crippen molar-refractivity contribution in [2.45, 2.75) is 63.9 Å². The Morgan fingerprint density at radius 2 is 2.21 bits per heavy atom. The molecule has 0 aromatic carbocycles. The third-order valence-electron chi connectivity index (χ3n) is 4.20. The lowest BCUT2D eigenvalue weighted by atomic mass is 10.1. The first-order valence-corrected chi connectivity index (χ1v) is 8.05. The average molecular weight is 284 g/mol. The molecule has 4 heteroatoms. The van der Waals surface area contributed by atoms with Gasteiger partial charge in [-0.15, -0.1) is 11.6 Å². The first kappa shape index (κ1) is 14.9. The van der Waals surface area contributed by atoms with Crippen LogP contribution in [0.25, 0.3) is 0 Å². The normalized spacial score (nSPS) is 23.4. The smallest absolute Gasteiger partial charge is 0.0762 e. The Morgan fingerprint density at radius 1 is 1.42 bits per heavy atom. The van der Waals surface area contributed by atoms with Crippen LogP contribution in [0.3, 0.4) is 0 Å². The fraction of sp³-hybridized carbons (Fsp3) is 0.800. The standard InChI is InChI=1S/C15H26ClN3/c1-3-15(4-2)19-8-7-14(18-19)11-17-10-12-5-6-13(16)9-12/h7-8,12-13,15,17H,3-6,9-11H2,1-2H3. The molecule has 1 fully saturated rings. The summed E-state index contributed by atoms with van der Waals surface area (Å²) in [5.41, 5.74) is 1.15. The molecule has 0 spiro atoms. The number of rotatable bonds is 7. The zero-order chi connectivity index (χ0) is 13.7. The molecule has 1 aliphatic rings. The fourth-order valence-electron chi connectivity index (χ4n) is 2.94. The van der Waals surface area contributed by atoms with Gasteiger partial charge in [-0.3, -0.25) is 4.68 Å². The van der Waals surface area contributed by atoms with Crippen molar-refractivity contribution < 1.29 is 0 Å². The van der Waals surface area contributed by atoms with E-state index in [4.69, 9.17) is 11.6 Å². The summed E-state index contributed by atoms with van der Waals surface area (Å²) in [4.78, 5) is 0. The van der Waals surface area contributed by atoms with Gasteiger partial charge in [0.15, 0.2) is 0 Å². The van der Waals surface area contributed by atoms with Crippen molar-refractivity contribution in [2.24, 2.45) is 5.92 Å². The van der Waals surface area contributed by atoms with E-state index in [-0.39, 0.29) is 0 Å². The molecule has 1 aromatic heterocycles. The molecule has 0 aliphatic heterocycles. The molecule has 1 aliphatic carbocycles. The van der Waals surface area contributed by atoms with Crippen LogP contribution < -0.4 is 5.32 Å². The number of hydrogen-bond donors (Lipinski definition) is 1. The van der Waals surface area contributed by atoms with Crippen LogP contribution in [0.4, 0.5) is 0 Å². The van der Waals surface area contributed by atoms with E-state index in [2.05, 4.69) is 41.2 Å². The summed E-state index contributed by atoms with van der Waals surface area (Å²) in [6.07, 6.45) is 8.00. The second-order valence-electron chi connectivity index (χ2n) is 5.66. The number of aromatic nitrogens is 2. The van der Waals surface area contributed by atoms with Crippen molar-refractivity contribution in [3.8, 4) is 0 Å². The number of alkyl halides is 1. The molecule has 108 valence electrons. The van der Waals surface area contributed by atoms with E-state index in [9.17, 15) is 0 Å². The van der Waals surface area contributed by atoms with E-state index in [1.807, 2.05) is 0 Å². The Bertz CT molecular complexity index is 373. The predicted octanol–water partition coefficient (Wildman–Crippen LogP) is 3.74. The maximum Gasteiger partial charge on any atom is 0.0762 e. The number of hydrogen-bond acceptors (Lipinski definition) is 2. The van der Waals surface area contributed by atoms with Crippen molar-refractivity contribution in [3.63, 3.8) is 0 Å². The van der Waals surface area contributed by atoms with Crippen molar-refractivity contribution >= 4 is 11.6 Å². The lowest BCUT2D eigenvalue weighted by Gasteiger charge is -2.12. The Kier molecular flexibility index (Phi) is 5.71. The van der Waals surface area contributed by atoms with Crippen LogP contribution in [0.15, 0.2) is 12.3 Å². The maximum absolute atomic E-state index is 6.13. The van der Waals surface area contributed by atoms with Crippen LogP contribution in [0, 0.1) is 5.92 Å². The van der Waals surface area contributed by atoms with Gasteiger partial charge in [-0.2, -0.15) is 5.10 Å². The largest absolute Gasteiger partial charge is 0.311 e. The van der Waals surface area contributed by atoms with Crippen molar-refractivity contribution in [1.29, 1.82) is 0 Å². The third-order valence-corrected chi connectivity index (χ3v) is 4.59. The molecule has 0 saturated heterocycles. The van der Waals surface area contributed by atoms with Gasteiger partial charge in [0.25, 0.3) is 0 Å². The van der Waals surface area contributed by atoms with E-state index < -0.39 is 0 Å². The quantitative estimate of drug-likeness (QED) is 0.773. The lowest BCUT2D eigenvalue weighted by Crippen LogP contribution is -2.21. The summed E-state index contributed by atoms with van der Waals surface area (Å²) in [5, 5.41) is 8.58. The minimum Gasteiger partial charge on any atom is -0.311 e. The van der Waals surface area contributed by atoms with E-state index in [0.29, 0.717) is 11.4 Å². The molecule has 2 atom stereocenters. The zero-order valence-corrected chi connectivity index (χ0v) is 12.9. The molecule has 1 N–H and O–H groups in total. The Morgan fingerprint density at radius 3 is 2.84 bits per heavy atom. The summed E-state index contributed by atoms with van der Waals surface area (Å²) < 4.78 is 2.11. The Labute approximate surface area is 121 Å². The van der Waals surface area contributed by atoms with Gasteiger partial charge in [0.05, 0.1) is 11.7 Å². The van der Waals surface area contributed by atoms with Gasteiger partial charge in [-0.25, -0.2) is 0 Å². The second-order valence-corrected chi connectivity index (χ2v) is 6.28. The van der Waals surface area contributed by atoms with Crippen molar-refractivity contribution in [1.82, 2.24) is 15.1 Å². The molecular formula is C15H26ClN3. The van der Waals surface area contributed by atoms with Crippen LogP contribution in [0.1, 0.15) is 57.7 Å². The van der Waals surface area contributed by atoms with E-state index in [1.165, 1.54) is 12.8 Å². The molecule has 0 radical (unpaired) electrons. The summed E-state index contributed by atoms with van der Waals surface area (Å²) in [6.45, 7) is 6.38. The molecule has 2 unspecified atom stereocenters. The number of nitrogens with zero attached hydrogens (tertiary/aromatic N) is 2. The van der Waals surface area contributed by atoms with Crippen LogP contribution in [0.2, 0.25) is 0 Å². The fourth-order valence-corrected chi connectivity index (χ4v) is 3.32. The molecule has 0 bridgehead atoms. The monoisotopic (exact) mass is 283 g/mol. The van der Waals surface area contributed by atoms with Gasteiger partial charge >= 0.3 is 0 Å². The SMILES string of the molecule is CCC(CC)n1ccc(CNCC2CCC(Cl)C2)n1. The third kappa shape index (κ3) is 4.22. The highest BCUT2D eigenvalue weighted by Crippen LogP contribution is 2.28. The zero-order valence-electron chi connectivity index (χ0n) is 12.1. The molecule has 1 heterocycles. The molecular weight excluding hydrogens is 258 g/mol. The summed E-state index contributed by atoms with van der Waals surface area (Å²) >= 11 is 6.13. The van der Waals surface area contributed by atoms with Gasteiger partial charge < -0.3 is 5.32 Å². The highest BCUT2D eigenvalue weighted by atomic mass is 35.5. The van der Waals surface area contributed by atoms with E-state index in [1.54, 1.807) is 0 Å². The highest BCUT2D eigenvalue weighted by molar-refractivity contribution is 6.20. The van der Waals surface area contributed by atoms with E-state index >= 15 is 0 Å². The summed E-state index contributed by atoms with van der Waals surface area (Å²) in [5.74, 6) is 0.753. The molecule has 19 heavy (non-hydrogen) atoms. The first-order valence-electron chi connectivity index (χ1n) is 7.61. The number of nitrogens with one attached hydrogen (secondary N) is 1. The maximum atomic E-state index is 6.13. The Balaban J connectivity index is 1.74. The van der Waals surface area contributed by atoms with Crippen LogP contribution in [-0.2, 0) is 6.54 Å². The van der Waals surface area contributed by atoms with Gasteiger partial charge in [0.1, 0.15) is 0 Å². The van der Waals surface area contributed by atoms with Gasteiger partial charge in [-0.1, -0.05) is 13.8 Å². The van der Waals surface area contributed by atoms with Crippen LogP contribution in [-0.4, -0.2) is 21.7 Å². The van der Waals surface area contributed by atoms with Gasteiger partial charge in [0, 0.05) is 18.1 Å². The molecule has 1 saturated carbocycles. The lowest BCUT2D eigenvalue weighted by molar-refractivity contribution is 0.422. The van der Waals surface area contributed by atoms with Crippen LogP contribution in [0.5, 0.6) is 0 Å². The first-order chi connectivity index (χ1) is 9.22. The average Bonchev–Trinajstić information content (AvgIpc) is 3.01. The van der Waals surface area contributed by atoms with Crippen molar-refractivity contribution in [3.05, 3.63) is 18.0 Å². The van der Waals surface area contributed by atoms with Crippen LogP contribution >= 0.6 is 11.6 Å². The number of halogens is 1. The van der Waals surface area contributed by atoms with E-state index in [0.717, 1.165) is 44.0 Å². The topological polar surface area (TPSA) is 29.9 Å². The van der Waals surface area contributed by atoms with Gasteiger partial charge in [0.2, 0.25) is 0 Å². The molecule has 2 rings (SSSR count). The highest BCUT2D eigenvalue weighted by Gasteiger charge is 2.22.